The number of fused-ring (bicyclic) bond motifs is 1. The van der Waals surface area contributed by atoms with Crippen molar-refractivity contribution in [2.75, 3.05) is 24.3 Å². The molecule has 0 saturated carbocycles. The number of amides is 1. The molecule has 0 atom stereocenters. The molecule has 4 nitrogen and oxygen atoms in total. The predicted octanol–water partition coefficient (Wildman–Crippen LogP) is 2.10. The summed E-state index contributed by atoms with van der Waals surface area (Å²) < 4.78 is 4.76. The lowest BCUT2D eigenvalue weighted by Gasteiger charge is -2.29. The van der Waals surface area contributed by atoms with Gasteiger partial charge < -0.3 is 10.5 Å². The van der Waals surface area contributed by atoms with Crippen LogP contribution in [0, 0.1) is 6.92 Å². The van der Waals surface area contributed by atoms with Crippen molar-refractivity contribution >= 4 is 17.5 Å². The summed E-state index contributed by atoms with van der Waals surface area (Å²) in [4.78, 5) is 13.2. The Kier molecular flexibility index (Phi) is 2.73. The fourth-order valence-corrected chi connectivity index (χ4v) is 2.24. The lowest BCUT2D eigenvalue weighted by Crippen LogP contribution is -2.36. The number of nitrogen functional groups attached to an aromatic ring is 1. The minimum atomic E-state index is -0.337. The second-order valence-electron chi connectivity index (χ2n) is 4.09. The van der Waals surface area contributed by atoms with E-state index in [1.54, 1.807) is 4.90 Å². The Bertz CT molecular complexity index is 429. The number of nitrogens with zero attached hydrogens (tertiary/aromatic N) is 1. The fraction of sp³-hybridized carbons (Fsp3) is 0.417. The Morgan fingerprint density at radius 1 is 1.50 bits per heavy atom. The van der Waals surface area contributed by atoms with Gasteiger partial charge in [0.25, 0.3) is 0 Å². The van der Waals surface area contributed by atoms with Gasteiger partial charge in [0.2, 0.25) is 0 Å². The second kappa shape index (κ2) is 4.04. The zero-order valence-electron chi connectivity index (χ0n) is 9.62. The van der Waals surface area contributed by atoms with Crippen LogP contribution in [-0.2, 0) is 11.2 Å². The molecule has 0 fully saturated rings. The van der Waals surface area contributed by atoms with Gasteiger partial charge in [-0.15, -0.1) is 0 Å². The van der Waals surface area contributed by atoms with Crippen LogP contribution in [0.2, 0.25) is 0 Å². The van der Waals surface area contributed by atoms with Gasteiger partial charge in [-0.1, -0.05) is 6.07 Å². The van der Waals surface area contributed by atoms with E-state index in [9.17, 15) is 4.79 Å². The third-order valence-electron chi connectivity index (χ3n) is 2.86. The van der Waals surface area contributed by atoms with Crippen molar-refractivity contribution in [3.05, 3.63) is 23.3 Å². The molecule has 1 amide bonds. The van der Waals surface area contributed by atoms with E-state index >= 15 is 0 Å². The van der Waals surface area contributed by atoms with E-state index in [4.69, 9.17) is 10.5 Å². The summed E-state index contributed by atoms with van der Waals surface area (Å²) in [5, 5.41) is 0. The molecule has 2 N–H and O–H groups in total. The monoisotopic (exact) mass is 220 g/mol. The largest absolute Gasteiger partial charge is 0.452 e. The molecular formula is C12H16N2O2. The first-order valence-corrected chi connectivity index (χ1v) is 5.38. The molecule has 0 saturated heterocycles. The van der Waals surface area contributed by atoms with Crippen molar-refractivity contribution in [2.45, 2.75) is 19.8 Å². The number of aryl methyl sites for hydroxylation is 2. The first-order chi connectivity index (χ1) is 7.63. The topological polar surface area (TPSA) is 55.6 Å². The van der Waals surface area contributed by atoms with Crippen LogP contribution in [-0.4, -0.2) is 19.7 Å². The highest BCUT2D eigenvalue weighted by Gasteiger charge is 2.25. The van der Waals surface area contributed by atoms with Crippen LogP contribution >= 0.6 is 0 Å². The van der Waals surface area contributed by atoms with Gasteiger partial charge in [-0.3, -0.25) is 4.90 Å². The third kappa shape index (κ3) is 1.71. The van der Waals surface area contributed by atoms with Crippen LogP contribution in [0.15, 0.2) is 12.1 Å². The Morgan fingerprint density at radius 3 is 2.94 bits per heavy atom. The minimum absolute atomic E-state index is 0.337. The summed E-state index contributed by atoms with van der Waals surface area (Å²) >= 11 is 0. The number of ether oxygens (including phenoxy) is 1. The number of anilines is 2. The molecule has 2 rings (SSSR count). The second-order valence-corrected chi connectivity index (χ2v) is 4.09. The van der Waals surface area contributed by atoms with E-state index in [0.29, 0.717) is 12.2 Å². The number of hydrogen-bond donors (Lipinski definition) is 1. The Hall–Kier alpha value is -1.71. The highest BCUT2D eigenvalue weighted by Crippen LogP contribution is 2.34. The normalized spacial score (nSPS) is 14.5. The third-order valence-corrected chi connectivity index (χ3v) is 2.86. The molecule has 1 aromatic rings. The summed E-state index contributed by atoms with van der Waals surface area (Å²) in [6.45, 7) is 2.68. The zero-order chi connectivity index (χ0) is 11.7. The van der Waals surface area contributed by atoms with Gasteiger partial charge in [-0.2, -0.15) is 0 Å². The molecule has 1 aliphatic heterocycles. The number of carbonyl (C=O) groups is 1. The number of methoxy groups -OCH3 is 1. The molecule has 0 radical (unpaired) electrons. The number of benzene rings is 1. The highest BCUT2D eigenvalue weighted by molar-refractivity contribution is 5.93. The van der Waals surface area contributed by atoms with E-state index in [1.807, 2.05) is 13.0 Å². The van der Waals surface area contributed by atoms with Gasteiger partial charge in [0.1, 0.15) is 0 Å². The van der Waals surface area contributed by atoms with Crippen LogP contribution in [0.4, 0.5) is 16.2 Å². The van der Waals surface area contributed by atoms with Crippen LogP contribution in [0.5, 0.6) is 0 Å². The van der Waals surface area contributed by atoms with Crippen molar-refractivity contribution in [1.82, 2.24) is 0 Å². The maximum absolute atomic E-state index is 11.6. The molecule has 1 aliphatic rings. The molecule has 0 aromatic heterocycles. The van der Waals surface area contributed by atoms with Gasteiger partial charge in [-0.05, 0) is 37.0 Å². The van der Waals surface area contributed by atoms with Gasteiger partial charge in [0, 0.05) is 6.54 Å². The van der Waals surface area contributed by atoms with Crippen LogP contribution < -0.4 is 10.6 Å². The molecule has 0 spiro atoms. The van der Waals surface area contributed by atoms with E-state index in [-0.39, 0.29) is 6.09 Å². The smallest absolute Gasteiger partial charge is 0.414 e. The number of carbonyl (C=O) groups excluding carboxylic acids is 1. The van der Waals surface area contributed by atoms with E-state index < -0.39 is 0 Å². The molecule has 0 unspecified atom stereocenters. The molecule has 86 valence electrons. The van der Waals surface area contributed by atoms with Crippen molar-refractivity contribution in [3.63, 3.8) is 0 Å². The maximum Gasteiger partial charge on any atom is 0.414 e. The quantitative estimate of drug-likeness (QED) is 0.681. The number of nitrogens with two attached hydrogens (primary N) is 1. The van der Waals surface area contributed by atoms with Crippen LogP contribution in [0.25, 0.3) is 0 Å². The van der Waals surface area contributed by atoms with E-state index in [1.165, 1.54) is 7.11 Å². The molecule has 1 aromatic carbocycles. The minimum Gasteiger partial charge on any atom is -0.452 e. The van der Waals surface area contributed by atoms with E-state index in [2.05, 4.69) is 6.07 Å². The molecule has 0 bridgehead atoms. The zero-order valence-corrected chi connectivity index (χ0v) is 9.62. The van der Waals surface area contributed by atoms with Crippen molar-refractivity contribution in [2.24, 2.45) is 0 Å². The number of hydrogen-bond acceptors (Lipinski definition) is 3. The standard InChI is InChI=1S/C12H16N2O2/c1-8-6-9-4-3-5-14(12(15)16-2)11(9)10(13)7-8/h6-7H,3-5,13H2,1-2H3. The Labute approximate surface area is 95.0 Å². The fourth-order valence-electron chi connectivity index (χ4n) is 2.24. The van der Waals surface area contributed by atoms with Crippen molar-refractivity contribution in [1.29, 1.82) is 0 Å². The lowest BCUT2D eigenvalue weighted by molar-refractivity contribution is 0.178. The van der Waals surface area contributed by atoms with Gasteiger partial charge in [-0.25, -0.2) is 4.79 Å². The average molecular weight is 220 g/mol. The van der Waals surface area contributed by atoms with Crippen molar-refractivity contribution in [3.8, 4) is 0 Å². The van der Waals surface area contributed by atoms with E-state index in [0.717, 1.165) is 29.7 Å². The summed E-state index contributed by atoms with van der Waals surface area (Å²) in [5.41, 5.74) is 9.71. The first-order valence-electron chi connectivity index (χ1n) is 5.38. The van der Waals surface area contributed by atoms with Gasteiger partial charge >= 0.3 is 6.09 Å². The maximum atomic E-state index is 11.6. The first kappa shape index (κ1) is 10.8. The predicted molar refractivity (Wildman–Crippen MR) is 63.7 cm³/mol. The summed E-state index contributed by atoms with van der Waals surface area (Å²) in [6, 6.07) is 3.97. The lowest BCUT2D eigenvalue weighted by atomic mass is 9.98. The average Bonchev–Trinajstić information content (AvgIpc) is 2.26. The molecule has 4 heteroatoms. The van der Waals surface area contributed by atoms with Crippen molar-refractivity contribution < 1.29 is 9.53 Å². The molecule has 1 heterocycles. The summed E-state index contributed by atoms with van der Waals surface area (Å²) in [6.07, 6.45) is 1.58. The Morgan fingerprint density at radius 2 is 2.25 bits per heavy atom. The molecule has 0 aliphatic carbocycles. The SMILES string of the molecule is COC(=O)N1CCCc2cc(C)cc(N)c21. The van der Waals surface area contributed by atoms with Crippen LogP contribution in [0.3, 0.4) is 0 Å². The number of rotatable bonds is 0. The highest BCUT2D eigenvalue weighted by atomic mass is 16.5. The molecule has 16 heavy (non-hydrogen) atoms. The van der Waals surface area contributed by atoms with Gasteiger partial charge in [0.15, 0.2) is 0 Å². The van der Waals surface area contributed by atoms with Crippen LogP contribution in [0.1, 0.15) is 17.5 Å². The summed E-state index contributed by atoms with van der Waals surface area (Å²) in [5.74, 6) is 0. The summed E-state index contributed by atoms with van der Waals surface area (Å²) in [7, 11) is 1.39. The molecular weight excluding hydrogens is 204 g/mol. The van der Waals surface area contributed by atoms with Gasteiger partial charge in [0.05, 0.1) is 18.5 Å². The Balaban J connectivity index is 2.49.